The second-order valence-electron chi connectivity index (χ2n) is 5.11. The first-order valence-electron chi connectivity index (χ1n) is 7.04. The van der Waals surface area contributed by atoms with Crippen LogP contribution in [0.15, 0.2) is 16.9 Å². The van der Waals surface area contributed by atoms with Gasteiger partial charge in [-0.1, -0.05) is 0 Å². The molecule has 0 fully saturated rings. The van der Waals surface area contributed by atoms with E-state index in [-0.39, 0.29) is 28.5 Å². The summed E-state index contributed by atoms with van der Waals surface area (Å²) in [5, 5.41) is 14.4. The van der Waals surface area contributed by atoms with E-state index in [0.29, 0.717) is 17.9 Å². The van der Waals surface area contributed by atoms with Crippen LogP contribution in [0.2, 0.25) is 0 Å². The van der Waals surface area contributed by atoms with Crippen LogP contribution in [0.25, 0.3) is 16.7 Å². The van der Waals surface area contributed by atoms with Gasteiger partial charge < -0.3 is 9.84 Å². The topological polar surface area (TPSA) is 93.0 Å². The van der Waals surface area contributed by atoms with Crippen molar-refractivity contribution in [2.75, 3.05) is 6.61 Å². The summed E-state index contributed by atoms with van der Waals surface area (Å²) in [5.74, 6) is -0.903. The maximum absolute atomic E-state index is 14.3. The number of nitrogens with zero attached hydrogens (tertiary/aromatic N) is 3. The average Bonchev–Trinajstić information content (AvgIpc) is 2.75. The van der Waals surface area contributed by atoms with E-state index in [2.05, 4.69) is 15.1 Å². The molecule has 0 aliphatic carbocycles. The summed E-state index contributed by atoms with van der Waals surface area (Å²) in [6, 6.07) is 2.75. The number of benzene rings is 1. The van der Waals surface area contributed by atoms with Crippen molar-refractivity contribution in [1.82, 2.24) is 19.7 Å². The van der Waals surface area contributed by atoms with Gasteiger partial charge in [0.1, 0.15) is 16.8 Å². The average molecular weight is 318 g/mol. The summed E-state index contributed by atoms with van der Waals surface area (Å²) < 4.78 is 20.6. The minimum Gasteiger partial charge on any atom is -0.506 e. The van der Waals surface area contributed by atoms with Crippen LogP contribution in [0, 0.1) is 19.7 Å². The molecule has 0 unspecified atom stereocenters. The van der Waals surface area contributed by atoms with Gasteiger partial charge >= 0.3 is 0 Å². The van der Waals surface area contributed by atoms with Gasteiger partial charge in [-0.3, -0.25) is 9.78 Å². The molecule has 0 atom stereocenters. The van der Waals surface area contributed by atoms with E-state index in [9.17, 15) is 14.3 Å². The second kappa shape index (κ2) is 5.38. The zero-order chi connectivity index (χ0) is 16.7. The molecule has 0 saturated carbocycles. The van der Waals surface area contributed by atoms with Crippen LogP contribution in [-0.4, -0.2) is 31.5 Å². The predicted molar refractivity (Wildman–Crippen MR) is 81.8 cm³/mol. The van der Waals surface area contributed by atoms with Crippen LogP contribution >= 0.6 is 0 Å². The molecule has 2 heterocycles. The smallest absolute Gasteiger partial charge is 0.298 e. The second-order valence-corrected chi connectivity index (χ2v) is 5.11. The number of ether oxygens (including phenoxy) is 1. The first-order chi connectivity index (χ1) is 10.9. The third-order valence-electron chi connectivity index (χ3n) is 3.43. The molecule has 2 aromatic heterocycles. The van der Waals surface area contributed by atoms with E-state index in [1.54, 1.807) is 20.8 Å². The summed E-state index contributed by atoms with van der Waals surface area (Å²) in [7, 11) is 0. The first kappa shape index (κ1) is 15.0. The highest BCUT2D eigenvalue weighted by Gasteiger charge is 2.20. The minimum atomic E-state index is -0.639. The Morgan fingerprint density at radius 2 is 2.13 bits per heavy atom. The van der Waals surface area contributed by atoms with Crippen molar-refractivity contribution >= 4 is 11.0 Å². The monoisotopic (exact) mass is 318 g/mol. The minimum absolute atomic E-state index is 0.0447. The Bertz CT molecular complexity index is 938. The normalized spacial score (nSPS) is 11.1. The highest BCUT2D eigenvalue weighted by Crippen LogP contribution is 2.28. The van der Waals surface area contributed by atoms with E-state index < -0.39 is 11.4 Å². The number of aromatic amines is 1. The number of aryl methyl sites for hydroxylation is 2. The first-order valence-corrected chi connectivity index (χ1v) is 7.04. The number of fused-ring (bicyclic) bond motifs is 1. The number of H-pyrrole nitrogens is 1. The SMILES string of the molecule is CCOc1nc2nn(-c3c(O)cc(C)cc3F)c(C)c2c(=O)[nH]1. The molecule has 0 amide bonds. The number of nitrogens with one attached hydrogen (secondary N) is 1. The van der Waals surface area contributed by atoms with Crippen molar-refractivity contribution in [2.24, 2.45) is 0 Å². The summed E-state index contributed by atoms with van der Waals surface area (Å²) in [6.07, 6.45) is 0. The lowest BCUT2D eigenvalue weighted by Gasteiger charge is -2.08. The number of hydrogen-bond acceptors (Lipinski definition) is 5. The fourth-order valence-corrected chi connectivity index (χ4v) is 2.46. The lowest BCUT2D eigenvalue weighted by Crippen LogP contribution is -2.11. The van der Waals surface area contributed by atoms with Gasteiger partial charge in [0.15, 0.2) is 11.5 Å². The number of phenols is 1. The number of aromatic hydroxyl groups is 1. The molecule has 3 aromatic rings. The zero-order valence-corrected chi connectivity index (χ0v) is 12.8. The van der Waals surface area contributed by atoms with Gasteiger partial charge in [0, 0.05) is 0 Å². The van der Waals surface area contributed by atoms with Crippen molar-refractivity contribution in [2.45, 2.75) is 20.8 Å². The Labute approximate surface area is 130 Å². The molecule has 0 spiro atoms. The lowest BCUT2D eigenvalue weighted by molar-refractivity contribution is 0.313. The molecule has 2 N–H and O–H groups in total. The lowest BCUT2D eigenvalue weighted by atomic mass is 10.2. The fourth-order valence-electron chi connectivity index (χ4n) is 2.46. The standard InChI is InChI=1S/C15H15FN4O3/c1-4-23-15-17-13-11(14(22)18-15)8(3)20(19-13)12-9(16)5-7(2)6-10(12)21/h5-6,21H,4H2,1-3H3,(H,17,18,19,22). The van der Waals surface area contributed by atoms with Crippen LogP contribution in [0.5, 0.6) is 11.8 Å². The maximum atomic E-state index is 14.3. The molecule has 0 aliphatic heterocycles. The van der Waals surface area contributed by atoms with E-state index in [1.165, 1.54) is 16.8 Å². The highest BCUT2D eigenvalue weighted by atomic mass is 19.1. The molecular formula is C15H15FN4O3. The highest BCUT2D eigenvalue weighted by molar-refractivity contribution is 5.78. The Morgan fingerprint density at radius 1 is 1.39 bits per heavy atom. The molecule has 0 bridgehead atoms. The third-order valence-corrected chi connectivity index (χ3v) is 3.43. The molecule has 3 rings (SSSR count). The molecule has 7 nitrogen and oxygen atoms in total. The fraction of sp³-hybridized carbons (Fsp3) is 0.267. The number of halogens is 1. The van der Waals surface area contributed by atoms with Crippen LogP contribution in [0.3, 0.4) is 0 Å². The van der Waals surface area contributed by atoms with Gasteiger partial charge in [-0.05, 0) is 38.5 Å². The van der Waals surface area contributed by atoms with E-state index in [0.717, 1.165) is 0 Å². The number of aromatic nitrogens is 4. The van der Waals surface area contributed by atoms with Crippen molar-refractivity contribution in [3.8, 4) is 17.4 Å². The van der Waals surface area contributed by atoms with E-state index >= 15 is 0 Å². The largest absolute Gasteiger partial charge is 0.506 e. The third kappa shape index (κ3) is 2.41. The van der Waals surface area contributed by atoms with Gasteiger partial charge in [-0.15, -0.1) is 5.10 Å². The van der Waals surface area contributed by atoms with Gasteiger partial charge in [0.05, 0.1) is 12.3 Å². The number of rotatable bonds is 3. The van der Waals surface area contributed by atoms with Crippen molar-refractivity contribution in [1.29, 1.82) is 0 Å². The van der Waals surface area contributed by atoms with Gasteiger partial charge in [0.2, 0.25) is 0 Å². The Kier molecular flexibility index (Phi) is 3.51. The van der Waals surface area contributed by atoms with Crippen LogP contribution < -0.4 is 10.3 Å². The van der Waals surface area contributed by atoms with Crippen molar-refractivity contribution < 1.29 is 14.2 Å². The molecule has 120 valence electrons. The van der Waals surface area contributed by atoms with Crippen molar-refractivity contribution in [3.63, 3.8) is 0 Å². The molecule has 8 heteroatoms. The summed E-state index contributed by atoms with van der Waals surface area (Å²) in [6.45, 7) is 5.36. The molecule has 0 aliphatic rings. The van der Waals surface area contributed by atoms with Crippen LogP contribution in [-0.2, 0) is 0 Å². The molecule has 1 aromatic carbocycles. The predicted octanol–water partition coefficient (Wildman–Crippen LogP) is 1.97. The summed E-state index contributed by atoms with van der Waals surface area (Å²) in [4.78, 5) is 18.8. The van der Waals surface area contributed by atoms with Gasteiger partial charge in [0.25, 0.3) is 11.6 Å². The zero-order valence-electron chi connectivity index (χ0n) is 12.8. The molecule has 0 radical (unpaired) electrons. The Hall–Kier alpha value is -2.90. The summed E-state index contributed by atoms with van der Waals surface area (Å²) in [5.41, 5.74) is 0.509. The number of hydrogen-bond donors (Lipinski definition) is 2. The summed E-state index contributed by atoms with van der Waals surface area (Å²) >= 11 is 0. The van der Waals surface area contributed by atoms with E-state index in [4.69, 9.17) is 4.74 Å². The maximum Gasteiger partial charge on any atom is 0.298 e. The van der Waals surface area contributed by atoms with Crippen molar-refractivity contribution in [3.05, 3.63) is 39.6 Å². The van der Waals surface area contributed by atoms with Gasteiger partial charge in [-0.25, -0.2) is 9.07 Å². The van der Waals surface area contributed by atoms with Crippen LogP contribution in [0.4, 0.5) is 4.39 Å². The van der Waals surface area contributed by atoms with Crippen LogP contribution in [0.1, 0.15) is 18.2 Å². The van der Waals surface area contributed by atoms with E-state index in [1.807, 2.05) is 0 Å². The number of phenolic OH excluding ortho intramolecular Hbond substituents is 1. The molecule has 23 heavy (non-hydrogen) atoms. The molecule has 0 saturated heterocycles. The Morgan fingerprint density at radius 3 is 2.78 bits per heavy atom. The Balaban J connectivity index is 2.30. The molecular weight excluding hydrogens is 303 g/mol. The van der Waals surface area contributed by atoms with Gasteiger partial charge in [-0.2, -0.15) is 4.98 Å². The quantitative estimate of drug-likeness (QED) is 0.770.